The van der Waals surface area contributed by atoms with Crippen molar-refractivity contribution >= 4 is 21.5 Å². The number of fused-ring (bicyclic) bond motifs is 1. The molecule has 1 atom stereocenters. The quantitative estimate of drug-likeness (QED) is 0.497. The minimum Gasteiger partial charge on any atom is -0.384 e. The number of sulfonamides is 1. The third-order valence-electron chi connectivity index (χ3n) is 2.95. The molecular formula is C12H19N5O3S. The Bertz CT molecular complexity index is 713. The number of ether oxygens (including phenoxy) is 1. The highest BCUT2D eigenvalue weighted by Crippen LogP contribution is 2.21. The molecule has 2 heterocycles. The summed E-state index contributed by atoms with van der Waals surface area (Å²) >= 11 is 0. The summed E-state index contributed by atoms with van der Waals surface area (Å²) in [6, 6.07) is 5.20. The van der Waals surface area contributed by atoms with Crippen molar-refractivity contribution in [1.82, 2.24) is 14.1 Å². The summed E-state index contributed by atoms with van der Waals surface area (Å²) < 4.78 is 34.0. The van der Waals surface area contributed by atoms with Crippen LogP contribution in [0.2, 0.25) is 0 Å². The second-order valence-corrected chi connectivity index (χ2v) is 6.43. The number of hydrogen-bond donors (Lipinski definition) is 3. The van der Waals surface area contributed by atoms with E-state index < -0.39 is 10.0 Å². The molecular weight excluding hydrogens is 294 g/mol. The molecule has 2 aromatic rings. The standard InChI is InChI=1S/C12H19N5O3S/c1-9(8-20-2)7-14-21(18,19)12-11(16-13)15-10-5-3-4-6-17(10)12/h3-6,9,14,16H,7-8,13H2,1-2H3. The molecule has 0 saturated carbocycles. The maximum atomic E-state index is 12.5. The lowest BCUT2D eigenvalue weighted by atomic mass is 10.2. The highest BCUT2D eigenvalue weighted by atomic mass is 32.2. The van der Waals surface area contributed by atoms with E-state index in [4.69, 9.17) is 10.6 Å². The zero-order valence-corrected chi connectivity index (χ0v) is 12.7. The minimum atomic E-state index is -3.75. The number of pyridine rings is 1. The molecule has 9 heteroatoms. The van der Waals surface area contributed by atoms with Crippen LogP contribution in [0.4, 0.5) is 5.82 Å². The van der Waals surface area contributed by atoms with E-state index in [-0.39, 0.29) is 23.3 Å². The second-order valence-electron chi connectivity index (χ2n) is 4.75. The van der Waals surface area contributed by atoms with Crippen LogP contribution in [0, 0.1) is 5.92 Å². The number of nitrogens with zero attached hydrogens (tertiary/aromatic N) is 2. The molecule has 0 aromatic carbocycles. The number of imidazole rings is 1. The summed E-state index contributed by atoms with van der Waals surface area (Å²) in [6.07, 6.45) is 1.62. The number of nitrogen functional groups attached to an aromatic ring is 1. The van der Waals surface area contributed by atoms with Gasteiger partial charge in [0.25, 0.3) is 10.0 Å². The number of hydrogen-bond acceptors (Lipinski definition) is 6. The summed E-state index contributed by atoms with van der Waals surface area (Å²) in [4.78, 5) is 4.14. The van der Waals surface area contributed by atoms with Gasteiger partial charge >= 0.3 is 0 Å². The zero-order chi connectivity index (χ0) is 15.5. The van der Waals surface area contributed by atoms with E-state index in [1.807, 2.05) is 6.92 Å². The average Bonchev–Trinajstić information content (AvgIpc) is 2.85. The number of hydrazine groups is 1. The second kappa shape index (κ2) is 6.39. The van der Waals surface area contributed by atoms with Crippen molar-refractivity contribution in [2.75, 3.05) is 25.7 Å². The maximum Gasteiger partial charge on any atom is 0.260 e. The van der Waals surface area contributed by atoms with Gasteiger partial charge in [0.15, 0.2) is 10.8 Å². The summed E-state index contributed by atoms with van der Waals surface area (Å²) in [5, 5.41) is -0.00906. The van der Waals surface area contributed by atoms with Crippen molar-refractivity contribution < 1.29 is 13.2 Å². The van der Waals surface area contributed by atoms with Gasteiger partial charge in [0.05, 0.1) is 0 Å². The van der Waals surface area contributed by atoms with Gasteiger partial charge in [0.2, 0.25) is 0 Å². The van der Waals surface area contributed by atoms with Gasteiger partial charge in [-0.2, -0.15) is 0 Å². The lowest BCUT2D eigenvalue weighted by molar-refractivity contribution is 0.161. The Morgan fingerprint density at radius 2 is 2.24 bits per heavy atom. The van der Waals surface area contributed by atoms with E-state index >= 15 is 0 Å². The van der Waals surface area contributed by atoms with Gasteiger partial charge in [0.1, 0.15) is 5.65 Å². The smallest absolute Gasteiger partial charge is 0.260 e. The van der Waals surface area contributed by atoms with Crippen LogP contribution in [0.25, 0.3) is 5.65 Å². The van der Waals surface area contributed by atoms with Crippen LogP contribution in [0.3, 0.4) is 0 Å². The monoisotopic (exact) mass is 313 g/mol. The molecule has 0 aliphatic rings. The fourth-order valence-corrected chi connectivity index (χ4v) is 3.40. The molecule has 0 aliphatic heterocycles. The first kappa shape index (κ1) is 15.7. The highest BCUT2D eigenvalue weighted by Gasteiger charge is 2.25. The Balaban J connectivity index is 2.35. The van der Waals surface area contributed by atoms with Gasteiger partial charge in [0, 0.05) is 26.5 Å². The van der Waals surface area contributed by atoms with Gasteiger partial charge < -0.3 is 10.2 Å². The molecule has 0 fully saturated rings. The summed E-state index contributed by atoms with van der Waals surface area (Å²) in [6.45, 7) is 2.63. The molecule has 116 valence electrons. The molecule has 21 heavy (non-hydrogen) atoms. The van der Waals surface area contributed by atoms with Crippen LogP contribution in [-0.2, 0) is 14.8 Å². The summed E-state index contributed by atoms with van der Waals surface area (Å²) in [5.74, 6) is 5.54. The topological polar surface area (TPSA) is 111 Å². The number of methoxy groups -OCH3 is 1. The average molecular weight is 313 g/mol. The van der Waals surface area contributed by atoms with Crippen molar-refractivity contribution in [2.24, 2.45) is 11.8 Å². The molecule has 0 amide bonds. The summed E-state index contributed by atoms with van der Waals surface area (Å²) in [7, 11) is -2.17. The Morgan fingerprint density at radius 3 is 2.90 bits per heavy atom. The fourth-order valence-electron chi connectivity index (χ4n) is 1.99. The maximum absolute atomic E-state index is 12.5. The largest absolute Gasteiger partial charge is 0.384 e. The Kier molecular flexibility index (Phi) is 4.78. The predicted molar refractivity (Wildman–Crippen MR) is 79.2 cm³/mol. The third-order valence-corrected chi connectivity index (χ3v) is 4.40. The molecule has 4 N–H and O–H groups in total. The minimum absolute atomic E-state index is 0.00906. The van der Waals surface area contributed by atoms with Gasteiger partial charge in [-0.05, 0) is 18.1 Å². The van der Waals surface area contributed by atoms with Crippen molar-refractivity contribution in [1.29, 1.82) is 0 Å². The molecule has 0 radical (unpaired) electrons. The number of nitrogens with two attached hydrogens (primary N) is 1. The zero-order valence-electron chi connectivity index (χ0n) is 11.9. The number of aromatic nitrogens is 2. The first-order valence-electron chi connectivity index (χ1n) is 6.42. The van der Waals surface area contributed by atoms with Crippen LogP contribution in [0.1, 0.15) is 6.92 Å². The van der Waals surface area contributed by atoms with Crippen LogP contribution in [-0.4, -0.2) is 38.1 Å². The first-order valence-corrected chi connectivity index (χ1v) is 7.90. The highest BCUT2D eigenvalue weighted by molar-refractivity contribution is 7.89. The number of anilines is 1. The van der Waals surface area contributed by atoms with E-state index in [1.165, 1.54) is 4.40 Å². The van der Waals surface area contributed by atoms with Crippen LogP contribution >= 0.6 is 0 Å². The van der Waals surface area contributed by atoms with E-state index in [1.54, 1.807) is 31.5 Å². The Labute approximate surface area is 123 Å². The van der Waals surface area contributed by atoms with Gasteiger partial charge in [-0.1, -0.05) is 13.0 Å². The van der Waals surface area contributed by atoms with E-state index in [0.29, 0.717) is 12.3 Å². The van der Waals surface area contributed by atoms with Crippen molar-refractivity contribution in [3.05, 3.63) is 24.4 Å². The van der Waals surface area contributed by atoms with Crippen molar-refractivity contribution in [2.45, 2.75) is 11.9 Å². The van der Waals surface area contributed by atoms with Crippen LogP contribution in [0.15, 0.2) is 29.4 Å². The molecule has 2 aromatic heterocycles. The SMILES string of the molecule is COCC(C)CNS(=O)(=O)c1c(NN)nc2ccccn12. The Morgan fingerprint density at radius 1 is 1.48 bits per heavy atom. The molecule has 1 unspecified atom stereocenters. The van der Waals surface area contributed by atoms with E-state index in [9.17, 15) is 8.42 Å². The first-order chi connectivity index (χ1) is 9.99. The van der Waals surface area contributed by atoms with Gasteiger partial charge in [-0.3, -0.25) is 4.40 Å². The molecule has 2 rings (SSSR count). The third kappa shape index (κ3) is 3.32. The van der Waals surface area contributed by atoms with Crippen LogP contribution in [0.5, 0.6) is 0 Å². The number of rotatable bonds is 7. The van der Waals surface area contributed by atoms with Crippen molar-refractivity contribution in [3.63, 3.8) is 0 Å². The van der Waals surface area contributed by atoms with E-state index in [0.717, 1.165) is 0 Å². The summed E-state index contributed by atoms with van der Waals surface area (Å²) in [5.41, 5.74) is 2.82. The Hall–Kier alpha value is -1.68. The van der Waals surface area contributed by atoms with Gasteiger partial charge in [-0.25, -0.2) is 24.0 Å². The molecule has 0 aliphatic carbocycles. The fraction of sp³-hybridized carbons (Fsp3) is 0.417. The van der Waals surface area contributed by atoms with Crippen molar-refractivity contribution in [3.8, 4) is 0 Å². The normalized spacial score (nSPS) is 13.5. The van der Waals surface area contributed by atoms with Crippen LogP contribution < -0.4 is 16.0 Å². The predicted octanol–water partition coefficient (Wildman–Crippen LogP) is 0.181. The van der Waals surface area contributed by atoms with E-state index in [2.05, 4.69) is 15.1 Å². The molecule has 0 bridgehead atoms. The molecule has 0 saturated heterocycles. The lowest BCUT2D eigenvalue weighted by Crippen LogP contribution is -2.31. The molecule has 0 spiro atoms. The number of nitrogens with one attached hydrogen (secondary N) is 2. The molecule has 8 nitrogen and oxygen atoms in total. The lowest BCUT2D eigenvalue weighted by Gasteiger charge is -2.12. The van der Waals surface area contributed by atoms with Gasteiger partial charge in [-0.15, -0.1) is 0 Å².